The lowest BCUT2D eigenvalue weighted by molar-refractivity contribution is 0.127. The zero-order chi connectivity index (χ0) is 22.2. The van der Waals surface area contributed by atoms with Gasteiger partial charge in [0.25, 0.3) is 5.88 Å². The molecule has 1 fully saturated rings. The highest BCUT2D eigenvalue weighted by molar-refractivity contribution is 5.88. The average Bonchev–Trinajstić information content (AvgIpc) is 3.39. The van der Waals surface area contributed by atoms with E-state index in [1.165, 1.54) is 17.3 Å². The molecule has 0 saturated carbocycles. The molecule has 3 aliphatic rings. The summed E-state index contributed by atoms with van der Waals surface area (Å²) in [7, 11) is 2.06. The number of carbonyl (C=O) groups excluding carboxylic acids is 1. The van der Waals surface area contributed by atoms with Crippen LogP contribution in [0.1, 0.15) is 23.2 Å². The van der Waals surface area contributed by atoms with Crippen LogP contribution < -0.4 is 15.0 Å². The fraction of sp³-hybridized carbons (Fsp3) is 0.545. The number of ether oxygens (including phenoxy) is 2. The maximum atomic E-state index is 14.1. The Morgan fingerprint density at radius 1 is 1.28 bits per heavy atom. The number of aryl methyl sites for hydroxylation is 1. The van der Waals surface area contributed by atoms with Crippen LogP contribution in [0.3, 0.4) is 0 Å². The quantitative estimate of drug-likeness (QED) is 0.728. The predicted molar refractivity (Wildman–Crippen MR) is 116 cm³/mol. The van der Waals surface area contributed by atoms with Crippen molar-refractivity contribution in [3.05, 3.63) is 35.0 Å². The van der Waals surface area contributed by atoms with Crippen LogP contribution in [0.15, 0.2) is 12.4 Å². The highest BCUT2D eigenvalue weighted by Gasteiger charge is 2.34. The molecule has 1 saturated heterocycles. The number of cyclic esters (lactones) is 1. The van der Waals surface area contributed by atoms with E-state index in [0.717, 1.165) is 42.8 Å². The van der Waals surface area contributed by atoms with Gasteiger partial charge in [0.2, 0.25) is 0 Å². The highest BCUT2D eigenvalue weighted by Crippen LogP contribution is 2.31. The lowest BCUT2D eigenvalue weighted by atomic mass is 10.1. The third-order valence-electron chi connectivity index (χ3n) is 6.36. The van der Waals surface area contributed by atoms with Crippen molar-refractivity contribution in [1.29, 1.82) is 0 Å². The molecule has 0 aromatic carbocycles. The van der Waals surface area contributed by atoms with Crippen LogP contribution in [-0.2, 0) is 17.6 Å². The van der Waals surface area contributed by atoms with Crippen LogP contribution in [0, 0.1) is 18.7 Å². The summed E-state index contributed by atoms with van der Waals surface area (Å²) in [6.45, 7) is 5.22. The summed E-state index contributed by atoms with van der Waals surface area (Å²) in [4.78, 5) is 29.0. The lowest BCUT2D eigenvalue weighted by Crippen LogP contribution is -2.31. The first-order chi connectivity index (χ1) is 15.5. The summed E-state index contributed by atoms with van der Waals surface area (Å²) in [6, 6.07) is 0. The van der Waals surface area contributed by atoms with Gasteiger partial charge in [-0.15, -0.1) is 0 Å². The second kappa shape index (κ2) is 8.50. The van der Waals surface area contributed by atoms with E-state index in [1.54, 1.807) is 0 Å². The van der Waals surface area contributed by atoms with E-state index < -0.39 is 6.09 Å². The fourth-order valence-corrected chi connectivity index (χ4v) is 4.73. The van der Waals surface area contributed by atoms with Crippen LogP contribution in [0.4, 0.5) is 20.8 Å². The van der Waals surface area contributed by atoms with Crippen LogP contribution >= 0.6 is 0 Å². The molecule has 4 heterocycles. The van der Waals surface area contributed by atoms with Crippen molar-refractivity contribution < 1.29 is 18.7 Å². The Balaban J connectivity index is 1.13. The molecule has 1 N–H and O–H groups in total. The molecule has 170 valence electrons. The number of nitrogens with one attached hydrogen (secondary N) is 1. The topological polar surface area (TPSA) is 92.7 Å². The summed E-state index contributed by atoms with van der Waals surface area (Å²) in [5.41, 5.74) is 2.81. The van der Waals surface area contributed by atoms with Gasteiger partial charge in [-0.1, -0.05) is 0 Å². The van der Waals surface area contributed by atoms with Gasteiger partial charge in [-0.05, 0) is 50.3 Å². The normalized spacial score (nSPS) is 21.8. The van der Waals surface area contributed by atoms with Gasteiger partial charge < -0.3 is 19.7 Å². The Bertz CT molecular complexity index is 1000. The van der Waals surface area contributed by atoms with Crippen LogP contribution in [0.5, 0.6) is 5.88 Å². The van der Waals surface area contributed by atoms with Crippen LogP contribution in [0.2, 0.25) is 0 Å². The van der Waals surface area contributed by atoms with E-state index in [0.29, 0.717) is 49.6 Å². The molecule has 32 heavy (non-hydrogen) atoms. The molecule has 2 unspecified atom stereocenters. The SMILES string of the molecule is Cc1ncc(F)c2c1CC(CN(C)CCC1CN(c3cnc4c(n3)NCCO4)C(=O)O1)C2. The minimum absolute atomic E-state index is 0.194. The molecule has 2 aliphatic heterocycles. The van der Waals surface area contributed by atoms with Gasteiger partial charge in [0.05, 0.1) is 25.5 Å². The maximum absolute atomic E-state index is 14.1. The molecule has 2 aromatic rings. The van der Waals surface area contributed by atoms with E-state index in [-0.39, 0.29) is 11.9 Å². The maximum Gasteiger partial charge on any atom is 0.415 e. The number of pyridine rings is 1. The van der Waals surface area contributed by atoms with Crippen molar-refractivity contribution in [3.63, 3.8) is 0 Å². The molecule has 10 heteroatoms. The Labute approximate surface area is 185 Å². The van der Waals surface area contributed by atoms with Crippen molar-refractivity contribution in [1.82, 2.24) is 19.9 Å². The molecule has 0 bridgehead atoms. The predicted octanol–water partition coefficient (Wildman–Crippen LogP) is 2.19. The monoisotopic (exact) mass is 442 g/mol. The molecule has 0 spiro atoms. The van der Waals surface area contributed by atoms with E-state index in [2.05, 4.69) is 32.2 Å². The first-order valence-corrected chi connectivity index (χ1v) is 11.0. The first kappa shape index (κ1) is 20.9. The van der Waals surface area contributed by atoms with Gasteiger partial charge in [-0.25, -0.2) is 19.2 Å². The lowest BCUT2D eigenvalue weighted by Gasteiger charge is -2.22. The standard InChI is InChI=1S/C22H27FN6O3/c1-13-16-7-14(8-17(16)18(23)9-25-13)11-28(2)5-3-15-12-29(22(30)32-15)19-10-26-21-20(27-19)24-4-6-31-21/h9-10,14-15H,3-8,11-12H2,1-2H3,(H,24,27). The van der Waals surface area contributed by atoms with E-state index in [1.807, 2.05) is 6.92 Å². The number of hydrogen-bond acceptors (Lipinski definition) is 8. The Morgan fingerprint density at radius 2 is 2.12 bits per heavy atom. The summed E-state index contributed by atoms with van der Waals surface area (Å²) >= 11 is 0. The number of anilines is 2. The van der Waals surface area contributed by atoms with Crippen molar-refractivity contribution in [2.24, 2.45) is 5.92 Å². The number of carbonyl (C=O) groups is 1. The molecule has 2 atom stereocenters. The minimum Gasteiger partial charge on any atom is -0.473 e. The summed E-state index contributed by atoms with van der Waals surface area (Å²) in [5, 5.41) is 3.13. The molecule has 9 nitrogen and oxygen atoms in total. The van der Waals surface area contributed by atoms with Crippen molar-refractivity contribution >= 4 is 17.7 Å². The molecular formula is C22H27FN6O3. The molecule has 0 radical (unpaired) electrons. The zero-order valence-electron chi connectivity index (χ0n) is 18.3. The summed E-state index contributed by atoms with van der Waals surface area (Å²) in [5.74, 6) is 1.63. The highest BCUT2D eigenvalue weighted by atomic mass is 19.1. The van der Waals surface area contributed by atoms with Gasteiger partial charge in [-0.2, -0.15) is 0 Å². The van der Waals surface area contributed by atoms with Gasteiger partial charge >= 0.3 is 6.09 Å². The van der Waals surface area contributed by atoms with Gasteiger partial charge in [0.15, 0.2) is 11.6 Å². The van der Waals surface area contributed by atoms with Crippen molar-refractivity contribution in [3.8, 4) is 5.88 Å². The number of halogens is 1. The van der Waals surface area contributed by atoms with E-state index in [9.17, 15) is 9.18 Å². The third-order valence-corrected chi connectivity index (χ3v) is 6.36. The number of rotatable bonds is 6. The molecule has 1 amide bonds. The molecule has 1 aliphatic carbocycles. The number of aromatic nitrogens is 3. The molecule has 2 aromatic heterocycles. The first-order valence-electron chi connectivity index (χ1n) is 11.0. The summed E-state index contributed by atoms with van der Waals surface area (Å²) < 4.78 is 25.1. The van der Waals surface area contributed by atoms with E-state index in [4.69, 9.17) is 9.47 Å². The second-order valence-electron chi connectivity index (χ2n) is 8.75. The van der Waals surface area contributed by atoms with Gasteiger partial charge in [0, 0.05) is 18.8 Å². The number of fused-ring (bicyclic) bond motifs is 2. The number of amides is 1. The Hall–Kier alpha value is -3.01. The van der Waals surface area contributed by atoms with Crippen molar-refractivity contribution in [2.45, 2.75) is 32.3 Å². The van der Waals surface area contributed by atoms with Crippen LogP contribution in [0.25, 0.3) is 0 Å². The number of nitrogens with zero attached hydrogens (tertiary/aromatic N) is 5. The minimum atomic E-state index is -0.409. The van der Waals surface area contributed by atoms with Crippen molar-refractivity contribution in [2.75, 3.05) is 50.1 Å². The fourth-order valence-electron chi connectivity index (χ4n) is 4.73. The molecule has 5 rings (SSSR count). The zero-order valence-corrected chi connectivity index (χ0v) is 18.3. The average molecular weight is 442 g/mol. The largest absolute Gasteiger partial charge is 0.473 e. The van der Waals surface area contributed by atoms with E-state index >= 15 is 0 Å². The summed E-state index contributed by atoms with van der Waals surface area (Å²) in [6.07, 6.45) is 4.57. The number of hydrogen-bond donors (Lipinski definition) is 1. The molecular weight excluding hydrogens is 415 g/mol. The Morgan fingerprint density at radius 3 is 2.97 bits per heavy atom. The second-order valence-corrected chi connectivity index (χ2v) is 8.75. The van der Waals surface area contributed by atoms with Crippen LogP contribution in [-0.4, -0.2) is 71.9 Å². The van der Waals surface area contributed by atoms with Gasteiger partial charge in [0.1, 0.15) is 18.5 Å². The van der Waals surface area contributed by atoms with Gasteiger partial charge in [-0.3, -0.25) is 9.88 Å². The smallest absolute Gasteiger partial charge is 0.415 e. The third kappa shape index (κ3) is 4.06. The Kier molecular flexibility index (Phi) is 5.54.